The van der Waals surface area contributed by atoms with Crippen LogP contribution in [-0.4, -0.2) is 22.7 Å². The third kappa shape index (κ3) is 2.50. The van der Waals surface area contributed by atoms with Crippen LogP contribution in [0.2, 0.25) is 0 Å². The Bertz CT molecular complexity index is 611. The van der Waals surface area contributed by atoms with Crippen LogP contribution in [0.5, 0.6) is 0 Å². The highest BCUT2D eigenvalue weighted by Crippen LogP contribution is 2.31. The molecule has 19 heavy (non-hydrogen) atoms. The van der Waals surface area contributed by atoms with Crippen LogP contribution in [0, 0.1) is 5.82 Å². The molecule has 2 aromatic rings. The summed E-state index contributed by atoms with van der Waals surface area (Å²) in [5.74, 6) is -0.216. The number of carbonyl (C=O) groups is 1. The first-order valence-electron chi connectivity index (χ1n) is 5.83. The van der Waals surface area contributed by atoms with Crippen molar-refractivity contribution in [2.75, 3.05) is 11.4 Å². The van der Waals surface area contributed by atoms with Gasteiger partial charge in [0, 0.05) is 29.2 Å². The van der Waals surface area contributed by atoms with Gasteiger partial charge in [0.25, 0.3) is 0 Å². The van der Waals surface area contributed by atoms with Crippen LogP contribution in [0.15, 0.2) is 29.6 Å². The Morgan fingerprint density at radius 2 is 2.11 bits per heavy atom. The second kappa shape index (κ2) is 4.94. The van der Waals surface area contributed by atoms with Crippen LogP contribution in [0.1, 0.15) is 6.42 Å². The zero-order valence-corrected chi connectivity index (χ0v) is 11.6. The van der Waals surface area contributed by atoms with Crippen molar-refractivity contribution in [3.8, 4) is 11.3 Å². The summed E-state index contributed by atoms with van der Waals surface area (Å²) in [5.41, 5.74) is 1.60. The molecule has 1 atom stereocenters. The molecule has 1 unspecified atom stereocenters. The molecule has 1 aromatic carbocycles. The molecule has 0 N–H and O–H groups in total. The normalized spacial score (nSPS) is 19.2. The van der Waals surface area contributed by atoms with Gasteiger partial charge in [-0.05, 0) is 24.3 Å². The van der Waals surface area contributed by atoms with E-state index in [4.69, 9.17) is 0 Å². The second-order valence-electron chi connectivity index (χ2n) is 4.38. The van der Waals surface area contributed by atoms with Gasteiger partial charge in [-0.2, -0.15) is 12.6 Å². The van der Waals surface area contributed by atoms with Crippen LogP contribution in [0.25, 0.3) is 11.3 Å². The highest BCUT2D eigenvalue weighted by Gasteiger charge is 2.30. The van der Waals surface area contributed by atoms with Gasteiger partial charge in [0.15, 0.2) is 5.13 Å². The molecular weight excluding hydrogens is 283 g/mol. The van der Waals surface area contributed by atoms with E-state index in [2.05, 4.69) is 17.6 Å². The van der Waals surface area contributed by atoms with Gasteiger partial charge in [0.05, 0.1) is 5.69 Å². The number of thiol groups is 1. The van der Waals surface area contributed by atoms with E-state index in [0.29, 0.717) is 18.1 Å². The Morgan fingerprint density at radius 1 is 1.37 bits per heavy atom. The smallest absolute Gasteiger partial charge is 0.229 e. The van der Waals surface area contributed by atoms with E-state index in [1.165, 1.54) is 23.5 Å². The van der Waals surface area contributed by atoms with Crippen molar-refractivity contribution in [1.82, 2.24) is 4.98 Å². The van der Waals surface area contributed by atoms with Crippen LogP contribution in [-0.2, 0) is 4.79 Å². The SMILES string of the molecule is O=C1CC(S)CN1c1nc(-c2ccc(F)cc2)cs1. The third-order valence-electron chi connectivity index (χ3n) is 2.97. The minimum atomic E-state index is -0.271. The first-order chi connectivity index (χ1) is 9.13. The molecule has 3 rings (SSSR count). The summed E-state index contributed by atoms with van der Waals surface area (Å²) in [6.07, 6.45) is 0.453. The van der Waals surface area contributed by atoms with Crippen LogP contribution in [0.4, 0.5) is 9.52 Å². The van der Waals surface area contributed by atoms with E-state index in [1.54, 1.807) is 17.0 Å². The molecule has 1 aromatic heterocycles. The van der Waals surface area contributed by atoms with Crippen molar-refractivity contribution in [3.63, 3.8) is 0 Å². The van der Waals surface area contributed by atoms with Gasteiger partial charge in [-0.25, -0.2) is 9.37 Å². The zero-order valence-electron chi connectivity index (χ0n) is 9.91. The maximum absolute atomic E-state index is 12.9. The highest BCUT2D eigenvalue weighted by molar-refractivity contribution is 7.81. The zero-order chi connectivity index (χ0) is 13.4. The second-order valence-corrected chi connectivity index (χ2v) is 5.95. The lowest BCUT2D eigenvalue weighted by Crippen LogP contribution is -2.24. The van der Waals surface area contributed by atoms with Crippen molar-refractivity contribution < 1.29 is 9.18 Å². The fourth-order valence-electron chi connectivity index (χ4n) is 2.02. The Kier molecular flexibility index (Phi) is 3.28. The summed E-state index contributed by atoms with van der Waals surface area (Å²) < 4.78 is 12.9. The van der Waals surface area contributed by atoms with E-state index in [-0.39, 0.29) is 17.0 Å². The molecule has 0 radical (unpaired) electrons. The summed E-state index contributed by atoms with van der Waals surface area (Å²) in [6, 6.07) is 6.17. The Balaban J connectivity index is 1.87. The lowest BCUT2D eigenvalue weighted by atomic mass is 10.2. The number of rotatable bonds is 2. The first-order valence-corrected chi connectivity index (χ1v) is 7.23. The summed E-state index contributed by atoms with van der Waals surface area (Å²) in [6.45, 7) is 0.596. The van der Waals surface area contributed by atoms with Crippen molar-refractivity contribution in [3.05, 3.63) is 35.5 Å². The molecule has 1 aliphatic rings. The molecule has 1 saturated heterocycles. The van der Waals surface area contributed by atoms with Crippen LogP contribution < -0.4 is 4.90 Å². The average Bonchev–Trinajstić information content (AvgIpc) is 2.97. The molecule has 0 spiro atoms. The molecular formula is C13H11FN2OS2. The number of anilines is 1. The number of aromatic nitrogens is 1. The summed E-state index contributed by atoms with van der Waals surface area (Å²) >= 11 is 5.74. The Labute approximate surface area is 119 Å². The number of nitrogens with zero attached hydrogens (tertiary/aromatic N) is 2. The van der Waals surface area contributed by atoms with Gasteiger partial charge in [-0.1, -0.05) is 0 Å². The molecule has 98 valence electrons. The van der Waals surface area contributed by atoms with E-state index in [1.807, 2.05) is 5.38 Å². The molecule has 6 heteroatoms. The van der Waals surface area contributed by atoms with Crippen molar-refractivity contribution in [2.45, 2.75) is 11.7 Å². The molecule has 3 nitrogen and oxygen atoms in total. The Morgan fingerprint density at radius 3 is 2.74 bits per heavy atom. The molecule has 0 saturated carbocycles. The topological polar surface area (TPSA) is 33.2 Å². The van der Waals surface area contributed by atoms with Gasteiger partial charge >= 0.3 is 0 Å². The van der Waals surface area contributed by atoms with Crippen molar-refractivity contribution in [2.24, 2.45) is 0 Å². The van der Waals surface area contributed by atoms with Crippen LogP contribution >= 0.6 is 24.0 Å². The highest BCUT2D eigenvalue weighted by atomic mass is 32.1. The number of thiazole rings is 1. The van der Waals surface area contributed by atoms with E-state index >= 15 is 0 Å². The monoisotopic (exact) mass is 294 g/mol. The van der Waals surface area contributed by atoms with Gasteiger partial charge < -0.3 is 0 Å². The first kappa shape index (κ1) is 12.6. The molecule has 2 heterocycles. The quantitative estimate of drug-likeness (QED) is 0.864. The molecule has 1 amide bonds. The van der Waals surface area contributed by atoms with Gasteiger partial charge in [0.2, 0.25) is 5.91 Å². The van der Waals surface area contributed by atoms with E-state index in [0.717, 1.165) is 11.3 Å². The van der Waals surface area contributed by atoms with E-state index < -0.39 is 0 Å². The lowest BCUT2D eigenvalue weighted by Gasteiger charge is -2.11. The minimum absolute atomic E-state index is 0.0556. The lowest BCUT2D eigenvalue weighted by molar-refractivity contribution is -0.117. The minimum Gasteiger partial charge on any atom is -0.287 e. The third-order valence-corrected chi connectivity index (χ3v) is 4.18. The summed E-state index contributed by atoms with van der Waals surface area (Å²) in [5, 5.41) is 2.63. The summed E-state index contributed by atoms with van der Waals surface area (Å²) in [4.78, 5) is 17.9. The number of carbonyl (C=O) groups excluding carboxylic acids is 1. The van der Waals surface area contributed by atoms with E-state index in [9.17, 15) is 9.18 Å². The number of benzene rings is 1. The number of halogens is 1. The predicted molar refractivity (Wildman–Crippen MR) is 77.3 cm³/mol. The fraction of sp³-hybridized carbons (Fsp3) is 0.231. The molecule has 1 fully saturated rings. The van der Waals surface area contributed by atoms with Crippen molar-refractivity contribution in [1.29, 1.82) is 0 Å². The standard InChI is InChI=1S/C13H11FN2OS2/c14-9-3-1-8(2-4-9)11-7-19-13(15-11)16-6-10(18)5-12(16)17/h1-4,7,10,18H,5-6H2. The molecule has 0 aliphatic carbocycles. The van der Waals surface area contributed by atoms with Crippen molar-refractivity contribution >= 4 is 35.0 Å². The van der Waals surface area contributed by atoms with Gasteiger partial charge in [0.1, 0.15) is 5.82 Å². The van der Waals surface area contributed by atoms with Crippen LogP contribution in [0.3, 0.4) is 0 Å². The molecule has 0 bridgehead atoms. The maximum atomic E-state index is 12.9. The number of hydrogen-bond donors (Lipinski definition) is 1. The fourth-order valence-corrected chi connectivity index (χ4v) is 3.20. The molecule has 1 aliphatic heterocycles. The largest absolute Gasteiger partial charge is 0.287 e. The number of amides is 1. The van der Waals surface area contributed by atoms with Gasteiger partial charge in [-0.15, -0.1) is 11.3 Å². The predicted octanol–water partition coefficient (Wildman–Crippen LogP) is 2.98. The van der Waals surface area contributed by atoms with Gasteiger partial charge in [-0.3, -0.25) is 9.69 Å². The Hall–Kier alpha value is -1.40. The summed E-state index contributed by atoms with van der Waals surface area (Å²) in [7, 11) is 0. The maximum Gasteiger partial charge on any atom is 0.229 e. The average molecular weight is 294 g/mol. The number of hydrogen-bond acceptors (Lipinski definition) is 4.